The molecule has 0 bridgehead atoms. The predicted molar refractivity (Wildman–Crippen MR) is 54.2 cm³/mol. The van der Waals surface area contributed by atoms with Crippen molar-refractivity contribution in [3.05, 3.63) is 18.1 Å². The van der Waals surface area contributed by atoms with Gasteiger partial charge < -0.3 is 5.73 Å². The molecule has 2 heterocycles. The molecule has 0 amide bonds. The molecular weight excluding hydrogens is 183 g/mol. The van der Waals surface area contributed by atoms with Crippen LogP contribution in [0.1, 0.15) is 13.8 Å². The van der Waals surface area contributed by atoms with E-state index in [2.05, 4.69) is 10.1 Å². The van der Waals surface area contributed by atoms with Gasteiger partial charge in [0.1, 0.15) is 11.0 Å². The fourth-order valence-corrected chi connectivity index (χ4v) is 1.06. The summed E-state index contributed by atoms with van der Waals surface area (Å²) < 4.78 is 14.4. The Bertz CT molecular complexity index is 397. The lowest BCUT2D eigenvalue weighted by molar-refractivity contribution is 0.629. The molecule has 4 nitrogen and oxygen atoms in total. The van der Waals surface area contributed by atoms with Gasteiger partial charge in [-0.2, -0.15) is 5.10 Å². The van der Waals surface area contributed by atoms with E-state index < -0.39 is 5.82 Å². The summed E-state index contributed by atoms with van der Waals surface area (Å²) in [6, 6.07) is 1.28. The highest BCUT2D eigenvalue weighted by molar-refractivity contribution is 5.75. The van der Waals surface area contributed by atoms with Gasteiger partial charge in [-0.05, 0) is 0 Å². The Hall–Kier alpha value is -1.65. The molecule has 2 N–H and O–H groups in total. The molecule has 0 aliphatic heterocycles. The van der Waals surface area contributed by atoms with Gasteiger partial charge in [0, 0.05) is 13.1 Å². The Balaban J connectivity index is 0.000000461. The van der Waals surface area contributed by atoms with E-state index in [1.807, 2.05) is 13.8 Å². The molecule has 0 saturated carbocycles. The van der Waals surface area contributed by atoms with Crippen LogP contribution in [0.2, 0.25) is 0 Å². The van der Waals surface area contributed by atoms with Crippen LogP contribution in [-0.2, 0) is 7.05 Å². The van der Waals surface area contributed by atoms with Crippen molar-refractivity contribution in [3.63, 3.8) is 0 Å². The van der Waals surface area contributed by atoms with E-state index in [4.69, 9.17) is 5.73 Å². The van der Waals surface area contributed by atoms with Crippen LogP contribution in [-0.4, -0.2) is 14.8 Å². The molecule has 0 atom stereocenters. The van der Waals surface area contributed by atoms with Crippen molar-refractivity contribution < 1.29 is 4.39 Å². The first-order chi connectivity index (χ1) is 6.66. The predicted octanol–water partition coefficient (Wildman–Crippen LogP) is 1.72. The third kappa shape index (κ3) is 1.81. The lowest BCUT2D eigenvalue weighted by Crippen LogP contribution is -1.93. The van der Waals surface area contributed by atoms with Gasteiger partial charge in [0.05, 0.1) is 6.20 Å². The monoisotopic (exact) mass is 196 g/mol. The summed E-state index contributed by atoms with van der Waals surface area (Å²) in [7, 11) is 1.75. The number of aromatic nitrogens is 3. The largest absolute Gasteiger partial charge is 0.381 e. The van der Waals surface area contributed by atoms with Gasteiger partial charge in [0.25, 0.3) is 0 Å². The molecular formula is C9H13FN4. The van der Waals surface area contributed by atoms with E-state index in [-0.39, 0.29) is 5.82 Å². The molecule has 0 fully saturated rings. The number of hydrogen-bond donors (Lipinski definition) is 1. The average molecular weight is 196 g/mol. The second-order valence-electron chi connectivity index (χ2n) is 2.56. The second kappa shape index (κ2) is 4.04. The first kappa shape index (κ1) is 10.4. The van der Waals surface area contributed by atoms with Crippen LogP contribution in [0.25, 0.3) is 11.0 Å². The molecule has 0 radical (unpaired) electrons. The fourth-order valence-electron chi connectivity index (χ4n) is 1.06. The second-order valence-corrected chi connectivity index (χ2v) is 2.56. The van der Waals surface area contributed by atoms with E-state index in [0.717, 1.165) is 0 Å². The highest BCUT2D eigenvalue weighted by Crippen LogP contribution is 2.14. The number of pyridine rings is 1. The molecule has 76 valence electrons. The number of halogens is 1. The molecule has 0 aliphatic rings. The maximum absolute atomic E-state index is 12.8. The Morgan fingerprint density at radius 3 is 2.64 bits per heavy atom. The van der Waals surface area contributed by atoms with Gasteiger partial charge in [0.2, 0.25) is 0 Å². The summed E-state index contributed by atoms with van der Waals surface area (Å²) in [6.45, 7) is 4.00. The molecule has 0 spiro atoms. The summed E-state index contributed by atoms with van der Waals surface area (Å²) in [5.41, 5.74) is 6.40. The zero-order valence-corrected chi connectivity index (χ0v) is 8.45. The molecule has 14 heavy (non-hydrogen) atoms. The van der Waals surface area contributed by atoms with Crippen LogP contribution in [0.3, 0.4) is 0 Å². The lowest BCUT2D eigenvalue weighted by atomic mass is 10.4. The molecule has 0 aromatic carbocycles. The molecule has 0 unspecified atom stereocenters. The summed E-state index contributed by atoms with van der Waals surface area (Å²) in [6.07, 6.45) is 1.69. The van der Waals surface area contributed by atoms with Gasteiger partial charge in [-0.1, -0.05) is 13.8 Å². The Morgan fingerprint density at radius 2 is 2.00 bits per heavy atom. The van der Waals surface area contributed by atoms with E-state index in [0.29, 0.717) is 11.0 Å². The number of rotatable bonds is 0. The maximum atomic E-state index is 12.8. The van der Waals surface area contributed by atoms with Crippen molar-refractivity contribution in [1.82, 2.24) is 14.8 Å². The molecule has 2 rings (SSSR count). The van der Waals surface area contributed by atoms with E-state index in [1.165, 1.54) is 6.07 Å². The van der Waals surface area contributed by atoms with Crippen LogP contribution in [0.4, 0.5) is 10.2 Å². The summed E-state index contributed by atoms with van der Waals surface area (Å²) in [5.74, 6) is -0.614. The number of nitrogen functional groups attached to an aromatic ring is 1. The third-order valence-corrected chi connectivity index (χ3v) is 1.59. The maximum Gasteiger partial charge on any atom is 0.167 e. The summed E-state index contributed by atoms with van der Waals surface area (Å²) in [5, 5.41) is 3.97. The standard InChI is InChI=1S/C7H7FN4.C2H6/c1-12-3-6-5(11-12)2-4(8)7(9)10-6;1-2/h2-3H,1H3,(H2,9,10);1-2H3. The SMILES string of the molecule is CC.Cn1cc2nc(N)c(F)cc2n1. The Kier molecular flexibility index (Phi) is 3.01. The topological polar surface area (TPSA) is 56.7 Å². The number of aryl methyl sites for hydroxylation is 1. The Labute approximate surface area is 81.5 Å². The quantitative estimate of drug-likeness (QED) is 0.697. The van der Waals surface area contributed by atoms with Gasteiger partial charge >= 0.3 is 0 Å². The zero-order valence-electron chi connectivity index (χ0n) is 8.45. The van der Waals surface area contributed by atoms with Crippen molar-refractivity contribution >= 4 is 16.9 Å². The van der Waals surface area contributed by atoms with Crippen molar-refractivity contribution in [3.8, 4) is 0 Å². The van der Waals surface area contributed by atoms with E-state index >= 15 is 0 Å². The first-order valence-corrected chi connectivity index (χ1v) is 4.42. The minimum Gasteiger partial charge on any atom is -0.381 e. The van der Waals surface area contributed by atoms with Crippen LogP contribution in [0.15, 0.2) is 12.3 Å². The molecule has 5 heteroatoms. The normalized spacial score (nSPS) is 9.71. The molecule has 0 saturated heterocycles. The van der Waals surface area contributed by atoms with Crippen molar-refractivity contribution in [2.45, 2.75) is 13.8 Å². The van der Waals surface area contributed by atoms with Crippen LogP contribution < -0.4 is 5.73 Å². The number of hydrogen-bond acceptors (Lipinski definition) is 3. The minimum atomic E-state index is -0.527. The van der Waals surface area contributed by atoms with Gasteiger partial charge in [-0.15, -0.1) is 0 Å². The Morgan fingerprint density at radius 1 is 1.36 bits per heavy atom. The highest BCUT2D eigenvalue weighted by atomic mass is 19.1. The van der Waals surface area contributed by atoms with E-state index in [1.54, 1.807) is 17.9 Å². The van der Waals surface area contributed by atoms with Gasteiger partial charge in [-0.25, -0.2) is 9.37 Å². The third-order valence-electron chi connectivity index (χ3n) is 1.59. The number of fused-ring (bicyclic) bond motifs is 1. The summed E-state index contributed by atoms with van der Waals surface area (Å²) in [4.78, 5) is 3.82. The number of anilines is 1. The fraction of sp³-hybridized carbons (Fsp3) is 0.333. The first-order valence-electron chi connectivity index (χ1n) is 4.42. The average Bonchev–Trinajstić information content (AvgIpc) is 2.49. The lowest BCUT2D eigenvalue weighted by Gasteiger charge is -1.92. The molecule has 2 aromatic rings. The van der Waals surface area contributed by atoms with Crippen LogP contribution in [0, 0.1) is 5.82 Å². The van der Waals surface area contributed by atoms with Gasteiger partial charge in [-0.3, -0.25) is 4.68 Å². The van der Waals surface area contributed by atoms with Crippen molar-refractivity contribution in [1.29, 1.82) is 0 Å². The molecule has 0 aliphatic carbocycles. The van der Waals surface area contributed by atoms with Crippen LogP contribution in [0.5, 0.6) is 0 Å². The van der Waals surface area contributed by atoms with Crippen molar-refractivity contribution in [2.24, 2.45) is 7.05 Å². The van der Waals surface area contributed by atoms with E-state index in [9.17, 15) is 4.39 Å². The molecule has 2 aromatic heterocycles. The zero-order chi connectivity index (χ0) is 10.7. The summed E-state index contributed by atoms with van der Waals surface area (Å²) >= 11 is 0. The smallest absolute Gasteiger partial charge is 0.167 e. The minimum absolute atomic E-state index is 0.0875. The number of nitrogens with zero attached hydrogens (tertiary/aromatic N) is 3. The van der Waals surface area contributed by atoms with Crippen molar-refractivity contribution in [2.75, 3.05) is 5.73 Å². The van der Waals surface area contributed by atoms with Gasteiger partial charge in [0.15, 0.2) is 11.6 Å². The van der Waals surface area contributed by atoms with Crippen LogP contribution >= 0.6 is 0 Å². The highest BCUT2D eigenvalue weighted by Gasteiger charge is 2.05. The number of nitrogens with two attached hydrogens (primary N) is 1.